The normalized spacial score (nSPS) is 18.9. The minimum absolute atomic E-state index is 0.0400. The van der Waals surface area contributed by atoms with Crippen molar-refractivity contribution >= 4 is 23.8 Å². The van der Waals surface area contributed by atoms with Crippen molar-refractivity contribution in [3.8, 4) is 0 Å². The molecule has 4 N–H and O–H groups in total. The Hall–Kier alpha value is -2.38. The fraction of sp³-hybridized carbons (Fsp3) is 0.500. The highest BCUT2D eigenvalue weighted by atomic mass is 16.4. The number of carbonyl (C=O) groups excluding carboxylic acids is 3. The third-order valence-electron chi connectivity index (χ3n) is 3.04. The lowest BCUT2D eigenvalue weighted by Gasteiger charge is -2.12. The number of hydrogen-bond acceptors (Lipinski definition) is 4. The molecule has 0 aliphatic carbocycles. The van der Waals surface area contributed by atoms with Crippen LogP contribution in [0.25, 0.3) is 0 Å². The van der Waals surface area contributed by atoms with Crippen molar-refractivity contribution in [3.05, 3.63) is 11.1 Å². The van der Waals surface area contributed by atoms with Crippen molar-refractivity contribution in [3.63, 3.8) is 0 Å². The maximum Gasteiger partial charge on any atom is 0.331 e. The summed E-state index contributed by atoms with van der Waals surface area (Å²) in [6.45, 7) is 2.82. The third kappa shape index (κ3) is 4.38. The van der Waals surface area contributed by atoms with Crippen LogP contribution in [-0.2, 0) is 14.4 Å². The molecule has 0 saturated carbocycles. The van der Waals surface area contributed by atoms with Crippen molar-refractivity contribution in [2.24, 2.45) is 0 Å². The zero-order chi connectivity index (χ0) is 15.3. The van der Waals surface area contributed by atoms with Crippen LogP contribution < -0.4 is 16.0 Å². The van der Waals surface area contributed by atoms with Crippen LogP contribution in [0.2, 0.25) is 0 Å². The molecule has 1 heterocycles. The van der Waals surface area contributed by atoms with Gasteiger partial charge in [-0.3, -0.25) is 14.9 Å². The van der Waals surface area contributed by atoms with Crippen LogP contribution in [0.3, 0.4) is 0 Å². The van der Waals surface area contributed by atoms with E-state index < -0.39 is 17.9 Å². The van der Waals surface area contributed by atoms with E-state index >= 15 is 0 Å². The number of imide groups is 1. The average Bonchev–Trinajstić information content (AvgIpc) is 2.80. The molecule has 20 heavy (non-hydrogen) atoms. The molecular formula is C12H17N3O5. The molecule has 8 nitrogen and oxygen atoms in total. The van der Waals surface area contributed by atoms with E-state index in [1.807, 2.05) is 5.32 Å². The number of rotatable bonds is 4. The number of carboxylic acid groups (broad SMARTS) is 1. The zero-order valence-corrected chi connectivity index (χ0v) is 11.3. The van der Waals surface area contributed by atoms with Crippen molar-refractivity contribution in [2.45, 2.75) is 32.7 Å². The molecule has 4 amide bonds. The molecule has 1 aliphatic rings. The van der Waals surface area contributed by atoms with Crippen molar-refractivity contribution in [1.29, 1.82) is 0 Å². The van der Waals surface area contributed by atoms with E-state index in [2.05, 4.69) is 10.6 Å². The maximum atomic E-state index is 11.6. The summed E-state index contributed by atoms with van der Waals surface area (Å²) < 4.78 is 0. The van der Waals surface area contributed by atoms with Crippen LogP contribution in [0, 0.1) is 0 Å². The topological polar surface area (TPSA) is 125 Å². The smallest absolute Gasteiger partial charge is 0.331 e. The van der Waals surface area contributed by atoms with Crippen LogP contribution in [-0.4, -0.2) is 41.5 Å². The molecule has 1 aliphatic heterocycles. The monoisotopic (exact) mass is 283 g/mol. The Labute approximate surface area is 115 Å². The van der Waals surface area contributed by atoms with Gasteiger partial charge in [0.05, 0.1) is 0 Å². The Morgan fingerprint density at radius 1 is 1.30 bits per heavy atom. The molecule has 0 spiro atoms. The van der Waals surface area contributed by atoms with E-state index in [1.54, 1.807) is 0 Å². The highest BCUT2D eigenvalue weighted by molar-refractivity contribution is 6.07. The molecule has 0 radical (unpaired) electrons. The van der Waals surface area contributed by atoms with Crippen molar-refractivity contribution < 1.29 is 24.3 Å². The first-order valence-electron chi connectivity index (χ1n) is 6.10. The van der Waals surface area contributed by atoms with Gasteiger partial charge in [0.2, 0.25) is 5.91 Å². The van der Waals surface area contributed by atoms with Gasteiger partial charge in [0, 0.05) is 30.2 Å². The van der Waals surface area contributed by atoms with Gasteiger partial charge in [-0.05, 0) is 20.3 Å². The lowest BCUT2D eigenvalue weighted by Crippen LogP contribution is -2.45. The Balaban J connectivity index is 2.42. The van der Waals surface area contributed by atoms with Crippen molar-refractivity contribution in [1.82, 2.24) is 16.0 Å². The van der Waals surface area contributed by atoms with Gasteiger partial charge >= 0.3 is 12.0 Å². The number of carbonyl (C=O) groups is 4. The van der Waals surface area contributed by atoms with Gasteiger partial charge in [0.1, 0.15) is 0 Å². The minimum atomic E-state index is -1.22. The summed E-state index contributed by atoms with van der Waals surface area (Å²) in [5.74, 6) is -2.05. The molecule has 8 heteroatoms. The summed E-state index contributed by atoms with van der Waals surface area (Å²) in [5.41, 5.74) is -0.167. The lowest BCUT2D eigenvalue weighted by molar-refractivity contribution is -0.133. The van der Waals surface area contributed by atoms with Gasteiger partial charge in [0.25, 0.3) is 5.91 Å². The molecule has 0 bridgehead atoms. The first-order valence-corrected chi connectivity index (χ1v) is 6.10. The zero-order valence-electron chi connectivity index (χ0n) is 11.3. The number of amides is 4. The summed E-state index contributed by atoms with van der Waals surface area (Å²) in [7, 11) is 0. The Bertz CT molecular complexity index is 483. The minimum Gasteiger partial charge on any atom is -0.478 e. The molecule has 1 atom stereocenters. The fourth-order valence-electron chi connectivity index (χ4n) is 1.62. The molecule has 1 unspecified atom stereocenters. The molecule has 1 saturated heterocycles. The van der Waals surface area contributed by atoms with E-state index in [-0.39, 0.29) is 29.6 Å². The number of nitrogens with one attached hydrogen (secondary N) is 3. The van der Waals surface area contributed by atoms with E-state index in [0.29, 0.717) is 12.8 Å². The van der Waals surface area contributed by atoms with E-state index in [0.717, 1.165) is 0 Å². The van der Waals surface area contributed by atoms with E-state index in [9.17, 15) is 19.2 Å². The number of carboxylic acids is 1. The average molecular weight is 283 g/mol. The summed E-state index contributed by atoms with van der Waals surface area (Å²) in [4.78, 5) is 44.7. The summed E-state index contributed by atoms with van der Waals surface area (Å²) in [6, 6.07) is -0.866. The standard InChI is InChI=1S/C12H17N3O5/c1-6(7(2)11(18)19)10(17)15-12(20)13-5-8-3-4-9(16)14-8/h8H,3-5H2,1-2H3,(H,14,16)(H,18,19)(H2,13,15,17,20). The summed E-state index contributed by atoms with van der Waals surface area (Å²) in [5, 5.41) is 15.9. The van der Waals surface area contributed by atoms with Crippen LogP contribution in [0.1, 0.15) is 26.7 Å². The summed E-state index contributed by atoms with van der Waals surface area (Å²) >= 11 is 0. The third-order valence-corrected chi connectivity index (χ3v) is 3.04. The second kappa shape index (κ2) is 6.69. The molecule has 0 aromatic carbocycles. The van der Waals surface area contributed by atoms with Crippen LogP contribution in [0.5, 0.6) is 0 Å². The van der Waals surface area contributed by atoms with Crippen LogP contribution in [0.4, 0.5) is 4.79 Å². The van der Waals surface area contributed by atoms with E-state index in [4.69, 9.17) is 5.11 Å². The largest absolute Gasteiger partial charge is 0.478 e. The molecule has 110 valence electrons. The predicted molar refractivity (Wildman–Crippen MR) is 68.7 cm³/mol. The molecule has 0 aromatic heterocycles. The molecular weight excluding hydrogens is 266 g/mol. The Morgan fingerprint density at radius 3 is 2.45 bits per heavy atom. The number of hydrogen-bond donors (Lipinski definition) is 4. The molecule has 0 aromatic rings. The van der Waals surface area contributed by atoms with Crippen LogP contribution >= 0.6 is 0 Å². The second-order valence-corrected chi connectivity index (χ2v) is 4.52. The molecule has 1 fully saturated rings. The van der Waals surface area contributed by atoms with Gasteiger partial charge in [-0.2, -0.15) is 0 Å². The quantitative estimate of drug-likeness (QED) is 0.518. The maximum absolute atomic E-state index is 11.6. The Kier molecular flexibility index (Phi) is 5.24. The van der Waals surface area contributed by atoms with Crippen molar-refractivity contribution in [2.75, 3.05) is 6.54 Å². The Morgan fingerprint density at radius 2 is 1.95 bits per heavy atom. The SMILES string of the molecule is CC(C(=O)O)=C(C)C(=O)NC(=O)NCC1CCC(=O)N1. The highest BCUT2D eigenvalue weighted by Crippen LogP contribution is 2.05. The number of aliphatic carboxylic acids is 1. The van der Waals surface area contributed by atoms with Gasteiger partial charge in [-0.25, -0.2) is 9.59 Å². The fourth-order valence-corrected chi connectivity index (χ4v) is 1.62. The second-order valence-electron chi connectivity index (χ2n) is 4.52. The number of urea groups is 1. The lowest BCUT2D eigenvalue weighted by atomic mass is 10.1. The van der Waals surface area contributed by atoms with Crippen LogP contribution in [0.15, 0.2) is 11.1 Å². The summed E-state index contributed by atoms with van der Waals surface area (Å²) in [6.07, 6.45) is 1.05. The predicted octanol–water partition coefficient (Wildman–Crippen LogP) is -0.488. The van der Waals surface area contributed by atoms with E-state index in [1.165, 1.54) is 13.8 Å². The van der Waals surface area contributed by atoms with Gasteiger partial charge in [0.15, 0.2) is 0 Å². The van der Waals surface area contributed by atoms with Gasteiger partial charge in [-0.15, -0.1) is 0 Å². The first kappa shape index (κ1) is 15.7. The van der Waals surface area contributed by atoms with Gasteiger partial charge in [-0.1, -0.05) is 0 Å². The highest BCUT2D eigenvalue weighted by Gasteiger charge is 2.21. The molecule has 1 rings (SSSR count). The first-order chi connectivity index (χ1) is 9.31. The van der Waals surface area contributed by atoms with Gasteiger partial charge < -0.3 is 15.7 Å².